The fourth-order valence-corrected chi connectivity index (χ4v) is 9.40. The Bertz CT molecular complexity index is 3630. The molecule has 308 valence electrons. The summed E-state index contributed by atoms with van der Waals surface area (Å²) in [5.74, 6) is 0.702. The first-order valence-corrected chi connectivity index (χ1v) is 22.3. The van der Waals surface area contributed by atoms with E-state index in [1.54, 1.807) is 0 Å². The Kier molecular flexibility index (Phi) is 10.4. The molecule has 0 bridgehead atoms. The molecule has 0 amide bonds. The van der Waals surface area contributed by atoms with Gasteiger partial charge in [0.05, 0.1) is 22.4 Å². The number of rotatable bonds is 8. The smallest absolute Gasteiger partial charge is 0.160 e. The third-order valence-corrected chi connectivity index (χ3v) is 12.6. The number of fused-ring (bicyclic) bond motifs is 6. The van der Waals surface area contributed by atoms with Crippen LogP contribution in [-0.2, 0) is 0 Å². The van der Waals surface area contributed by atoms with Gasteiger partial charge in [-0.05, 0) is 135 Å². The van der Waals surface area contributed by atoms with E-state index in [2.05, 4.69) is 217 Å². The van der Waals surface area contributed by atoms with Gasteiger partial charge in [-0.15, -0.1) is 5.73 Å². The Morgan fingerprint density at radius 3 is 2.05 bits per heavy atom. The van der Waals surface area contributed by atoms with Gasteiger partial charge in [0.2, 0.25) is 0 Å². The van der Waals surface area contributed by atoms with Gasteiger partial charge in [0, 0.05) is 34.0 Å². The Morgan fingerprint density at radius 1 is 0.554 bits per heavy atom. The molecule has 0 unspecified atom stereocenters. The van der Waals surface area contributed by atoms with Crippen LogP contribution in [0.5, 0.6) is 0 Å². The maximum Gasteiger partial charge on any atom is 0.160 e. The topological polar surface area (TPSA) is 29.6 Å². The van der Waals surface area contributed by atoms with Crippen molar-refractivity contribution in [2.24, 2.45) is 9.98 Å². The van der Waals surface area contributed by atoms with Crippen LogP contribution in [0.1, 0.15) is 31.4 Å². The number of benzene rings is 8. The molecule has 0 atom stereocenters. The molecule has 3 nitrogen and oxygen atoms in total. The zero-order valence-corrected chi connectivity index (χ0v) is 36.4. The molecule has 1 aliphatic heterocycles. The van der Waals surface area contributed by atoms with Gasteiger partial charge < -0.3 is 4.57 Å². The second-order valence-electron chi connectivity index (χ2n) is 16.5. The van der Waals surface area contributed by atoms with Crippen molar-refractivity contribution in [1.29, 1.82) is 0 Å². The van der Waals surface area contributed by atoms with Crippen molar-refractivity contribution < 1.29 is 0 Å². The van der Waals surface area contributed by atoms with E-state index in [0.29, 0.717) is 12.3 Å². The van der Waals surface area contributed by atoms with Crippen LogP contribution in [0.3, 0.4) is 0 Å². The van der Waals surface area contributed by atoms with Crippen LogP contribution >= 0.6 is 0 Å². The fraction of sp³-hybridized carbons (Fsp3) is 0.0484. The monoisotopic (exact) mass is 831 g/mol. The number of nitrogens with zero attached hydrogens (tertiary/aromatic N) is 3. The summed E-state index contributed by atoms with van der Waals surface area (Å²) in [6, 6.07) is 63.6. The Hall–Kier alpha value is -8.36. The first-order chi connectivity index (χ1) is 32.1. The number of para-hydroxylation sites is 1. The Morgan fingerprint density at radius 2 is 1.25 bits per heavy atom. The third kappa shape index (κ3) is 7.44. The standard InChI is InChI=1S/C62H45N3/c1-3-17-42(4-2)58-36-37-59(64-62(63-58)45-20-9-6-10-21-45)50-24-12-11-22-46(38-50)48-31-35-55-54-26-15-16-27-60(54)65(61(55)41-48)51-32-28-43(29-33-51)47-30-34-53-56(44-18-7-5-8-19-44)40-49-23-13-14-25-52(49)57(53)39-47/h3-10,12-35,37-41H,36H2,1-2H3/b17-3-,42-4+. The predicted octanol–water partition coefficient (Wildman–Crippen LogP) is 16.2. The molecule has 1 aromatic heterocycles. The predicted molar refractivity (Wildman–Crippen MR) is 277 cm³/mol. The molecule has 0 saturated carbocycles. The molecule has 0 N–H and O–H groups in total. The van der Waals surface area contributed by atoms with Crippen molar-refractivity contribution in [3.63, 3.8) is 0 Å². The van der Waals surface area contributed by atoms with Crippen molar-refractivity contribution in [3.05, 3.63) is 258 Å². The summed E-state index contributed by atoms with van der Waals surface area (Å²) in [4.78, 5) is 10.4. The van der Waals surface area contributed by atoms with Gasteiger partial charge in [-0.3, -0.25) is 0 Å². The summed E-state index contributed by atoms with van der Waals surface area (Å²) in [6.45, 7) is 4.10. The van der Waals surface area contributed by atoms with E-state index < -0.39 is 0 Å². The van der Waals surface area contributed by atoms with E-state index in [9.17, 15) is 0 Å². The number of aliphatic imine (C=N–C) groups is 2. The van der Waals surface area contributed by atoms with Crippen LogP contribution in [-0.4, -0.2) is 16.1 Å². The van der Waals surface area contributed by atoms with E-state index in [1.165, 1.54) is 60.1 Å². The molecular formula is C62H45N3. The van der Waals surface area contributed by atoms with E-state index >= 15 is 0 Å². The maximum absolute atomic E-state index is 5.23. The highest BCUT2D eigenvalue weighted by Crippen LogP contribution is 2.39. The molecule has 0 radical (unpaired) electrons. The van der Waals surface area contributed by atoms with Gasteiger partial charge in [-0.1, -0.05) is 164 Å². The number of hydrogen-bond acceptors (Lipinski definition) is 2. The summed E-state index contributed by atoms with van der Waals surface area (Å²) in [5.41, 5.74) is 18.8. The highest BCUT2D eigenvalue weighted by molar-refractivity contribution is 6.16. The van der Waals surface area contributed by atoms with Gasteiger partial charge in [-0.2, -0.15) is 0 Å². The molecule has 8 aromatic carbocycles. The lowest BCUT2D eigenvalue weighted by molar-refractivity contribution is 1.18. The lowest BCUT2D eigenvalue weighted by atomic mass is 9.91. The molecule has 2 heterocycles. The average molecular weight is 832 g/mol. The molecule has 65 heavy (non-hydrogen) atoms. The molecule has 3 heteroatoms. The second-order valence-corrected chi connectivity index (χ2v) is 16.5. The Balaban J connectivity index is 0.977. The van der Waals surface area contributed by atoms with E-state index in [1.807, 2.05) is 31.2 Å². The number of hydrogen-bond donors (Lipinski definition) is 0. The largest absolute Gasteiger partial charge is 0.309 e. The van der Waals surface area contributed by atoms with Crippen LogP contribution < -0.4 is 0 Å². The normalized spacial score (nSPS) is 14.4. The minimum absolute atomic E-state index is 0.661. The zero-order chi connectivity index (χ0) is 43.7. The van der Waals surface area contributed by atoms with Crippen molar-refractivity contribution in [2.75, 3.05) is 0 Å². The summed E-state index contributed by atoms with van der Waals surface area (Å²) < 4.78 is 2.40. The van der Waals surface area contributed by atoms with Crippen LogP contribution in [0.15, 0.2) is 257 Å². The van der Waals surface area contributed by atoms with Crippen molar-refractivity contribution >= 4 is 60.5 Å². The molecule has 0 saturated heterocycles. The molecule has 0 fully saturated rings. The van der Waals surface area contributed by atoms with Gasteiger partial charge >= 0.3 is 0 Å². The molecule has 2 aliphatic rings. The SMILES string of the molecule is C/C=C\C(=C/C)C1=NC(c2ccccc2)=NC(C2=CC=C=CC(c3ccc4c5ccccc5n(-c5ccc(-c6ccc7c(-c8ccccc8)cc8ccccc8c7c6)cc5)c4c3)=C2)=CC1. The molecule has 1 aliphatic carbocycles. The molecule has 11 rings (SSSR count). The average Bonchev–Trinajstić information content (AvgIpc) is 3.52. The summed E-state index contributed by atoms with van der Waals surface area (Å²) in [7, 11) is 0. The minimum Gasteiger partial charge on any atom is -0.309 e. The van der Waals surface area contributed by atoms with Crippen molar-refractivity contribution in [1.82, 2.24) is 4.57 Å². The summed E-state index contributed by atoms with van der Waals surface area (Å²) in [5, 5.41) is 7.46. The van der Waals surface area contributed by atoms with E-state index in [-0.39, 0.29) is 0 Å². The zero-order valence-electron chi connectivity index (χ0n) is 36.4. The van der Waals surface area contributed by atoms with Gasteiger partial charge in [0.1, 0.15) is 0 Å². The lowest BCUT2D eigenvalue weighted by Crippen LogP contribution is -2.05. The summed E-state index contributed by atoms with van der Waals surface area (Å²) >= 11 is 0. The van der Waals surface area contributed by atoms with Crippen molar-refractivity contribution in [2.45, 2.75) is 20.3 Å². The molecular weight excluding hydrogens is 787 g/mol. The minimum atomic E-state index is 0.661. The lowest BCUT2D eigenvalue weighted by Gasteiger charge is -2.14. The highest BCUT2D eigenvalue weighted by Gasteiger charge is 2.18. The number of allylic oxidation sites excluding steroid dienone is 9. The first-order valence-electron chi connectivity index (χ1n) is 22.3. The number of aromatic nitrogens is 1. The number of amidine groups is 1. The van der Waals surface area contributed by atoms with Crippen LogP contribution in [0.25, 0.3) is 76.9 Å². The van der Waals surface area contributed by atoms with Gasteiger partial charge in [0.15, 0.2) is 5.84 Å². The van der Waals surface area contributed by atoms with Gasteiger partial charge in [0.25, 0.3) is 0 Å². The van der Waals surface area contributed by atoms with E-state index in [0.717, 1.165) is 50.5 Å². The molecule has 0 spiro atoms. The van der Waals surface area contributed by atoms with Crippen LogP contribution in [0.2, 0.25) is 0 Å². The van der Waals surface area contributed by atoms with Gasteiger partial charge in [-0.25, -0.2) is 9.98 Å². The quantitative estimate of drug-likeness (QED) is 0.0829. The van der Waals surface area contributed by atoms with E-state index in [4.69, 9.17) is 9.98 Å². The third-order valence-electron chi connectivity index (χ3n) is 12.6. The Labute approximate surface area is 379 Å². The van der Waals surface area contributed by atoms with Crippen LogP contribution in [0.4, 0.5) is 0 Å². The first kappa shape index (κ1) is 39.5. The molecule has 9 aromatic rings. The highest BCUT2D eigenvalue weighted by atomic mass is 15.0. The summed E-state index contributed by atoms with van der Waals surface area (Å²) in [6.07, 6.45) is 17.6. The van der Waals surface area contributed by atoms with Crippen molar-refractivity contribution in [3.8, 4) is 27.9 Å². The fourth-order valence-electron chi connectivity index (χ4n) is 9.40. The van der Waals surface area contributed by atoms with Crippen LogP contribution in [0, 0.1) is 0 Å². The maximum atomic E-state index is 5.23. The second kappa shape index (κ2) is 17.1.